The number of aromatic nitrogens is 1. The van der Waals surface area contributed by atoms with E-state index in [9.17, 15) is 18.3 Å². The van der Waals surface area contributed by atoms with Crippen LogP contribution in [0.5, 0.6) is 11.5 Å². The second kappa shape index (κ2) is 6.71. The molecule has 0 spiro atoms. The molecule has 10 heteroatoms. The molecule has 0 saturated carbocycles. The first-order valence-electron chi connectivity index (χ1n) is 8.30. The molecular weight excluding hydrogens is 374 g/mol. The van der Waals surface area contributed by atoms with E-state index >= 15 is 0 Å². The molecule has 1 aromatic carbocycles. The zero-order valence-electron chi connectivity index (χ0n) is 14.2. The Morgan fingerprint density at radius 1 is 1.07 bits per heavy atom. The number of carbonyl (C=O) groups is 1. The number of aromatic carboxylic acids is 1. The quantitative estimate of drug-likeness (QED) is 0.823. The third kappa shape index (κ3) is 3.17. The van der Waals surface area contributed by atoms with E-state index in [0.717, 1.165) is 0 Å². The second-order valence-electron chi connectivity index (χ2n) is 6.09. The molecule has 142 valence electrons. The molecular formula is C17H17N3O6S. The number of hydrogen-bond acceptors (Lipinski definition) is 7. The fourth-order valence-electron chi connectivity index (χ4n) is 3.14. The lowest BCUT2D eigenvalue weighted by Crippen LogP contribution is -2.49. The van der Waals surface area contributed by atoms with E-state index in [4.69, 9.17) is 9.47 Å². The SMILES string of the molecule is O=C(O)c1cccnc1N1CCN(S(=O)(=O)c2ccc3c(c2)OCO3)CC1. The summed E-state index contributed by atoms with van der Waals surface area (Å²) >= 11 is 0. The van der Waals surface area contributed by atoms with Crippen LogP contribution in [0, 0.1) is 0 Å². The molecule has 0 unspecified atom stereocenters. The summed E-state index contributed by atoms with van der Waals surface area (Å²) in [5.41, 5.74) is 0.101. The molecule has 4 rings (SSSR count). The molecule has 3 heterocycles. The highest BCUT2D eigenvalue weighted by molar-refractivity contribution is 7.89. The molecule has 27 heavy (non-hydrogen) atoms. The Balaban J connectivity index is 1.51. The molecule has 2 aliphatic heterocycles. The molecule has 0 aliphatic carbocycles. The number of nitrogens with zero attached hydrogens (tertiary/aromatic N) is 3. The van der Waals surface area contributed by atoms with Crippen molar-refractivity contribution in [2.45, 2.75) is 4.90 Å². The summed E-state index contributed by atoms with van der Waals surface area (Å²) in [5, 5.41) is 9.31. The molecule has 9 nitrogen and oxygen atoms in total. The molecule has 0 radical (unpaired) electrons. The van der Waals surface area contributed by atoms with Crippen LogP contribution >= 0.6 is 0 Å². The highest BCUT2D eigenvalue weighted by atomic mass is 32.2. The largest absolute Gasteiger partial charge is 0.478 e. The molecule has 2 aromatic rings. The number of rotatable bonds is 4. The topological polar surface area (TPSA) is 109 Å². The van der Waals surface area contributed by atoms with Gasteiger partial charge in [-0.05, 0) is 24.3 Å². The van der Waals surface area contributed by atoms with Crippen LogP contribution in [0.4, 0.5) is 5.82 Å². The lowest BCUT2D eigenvalue weighted by Gasteiger charge is -2.35. The Kier molecular flexibility index (Phi) is 4.36. The molecule has 0 atom stereocenters. The molecule has 2 aliphatic rings. The van der Waals surface area contributed by atoms with Crippen molar-refractivity contribution in [3.05, 3.63) is 42.1 Å². The first-order valence-corrected chi connectivity index (χ1v) is 9.74. The van der Waals surface area contributed by atoms with E-state index in [1.165, 1.54) is 28.7 Å². The van der Waals surface area contributed by atoms with Gasteiger partial charge in [0, 0.05) is 38.4 Å². The van der Waals surface area contributed by atoms with E-state index in [1.807, 2.05) is 0 Å². The van der Waals surface area contributed by atoms with Crippen LogP contribution in [-0.2, 0) is 10.0 Å². The van der Waals surface area contributed by atoms with Gasteiger partial charge in [-0.15, -0.1) is 0 Å². The first-order chi connectivity index (χ1) is 13.0. The number of anilines is 1. The Labute approximate surface area is 155 Å². The van der Waals surface area contributed by atoms with E-state index in [1.54, 1.807) is 17.0 Å². The average Bonchev–Trinajstić information content (AvgIpc) is 3.16. The number of pyridine rings is 1. The predicted octanol–water partition coefficient (Wildman–Crippen LogP) is 1.02. The van der Waals surface area contributed by atoms with Crippen LogP contribution in [0.1, 0.15) is 10.4 Å². The Morgan fingerprint density at radius 3 is 2.56 bits per heavy atom. The maximum atomic E-state index is 12.9. The van der Waals surface area contributed by atoms with Crippen molar-refractivity contribution in [2.24, 2.45) is 0 Å². The predicted molar refractivity (Wildman–Crippen MR) is 94.7 cm³/mol. The standard InChI is InChI=1S/C17H17N3O6S/c21-17(22)13-2-1-5-18-16(13)19-6-8-20(9-7-19)27(23,24)12-3-4-14-15(10-12)26-11-25-14/h1-5,10H,6-9,11H2,(H,21,22). The maximum absolute atomic E-state index is 12.9. The molecule has 0 amide bonds. The van der Waals surface area contributed by atoms with Crippen LogP contribution in [0.3, 0.4) is 0 Å². The highest BCUT2D eigenvalue weighted by Crippen LogP contribution is 2.34. The van der Waals surface area contributed by atoms with Gasteiger partial charge in [0.1, 0.15) is 11.4 Å². The summed E-state index contributed by atoms with van der Waals surface area (Å²) in [4.78, 5) is 17.5. The van der Waals surface area contributed by atoms with Crippen LogP contribution in [-0.4, -0.2) is 61.8 Å². The number of piperazine rings is 1. The van der Waals surface area contributed by atoms with Crippen molar-refractivity contribution in [2.75, 3.05) is 37.9 Å². The summed E-state index contributed by atoms with van der Waals surface area (Å²) in [6.07, 6.45) is 1.53. The number of carboxylic acid groups (broad SMARTS) is 1. The van der Waals surface area contributed by atoms with Crippen molar-refractivity contribution >= 4 is 21.8 Å². The third-order valence-electron chi connectivity index (χ3n) is 4.54. The Bertz CT molecular complexity index is 986. The molecule has 1 saturated heterocycles. The lowest BCUT2D eigenvalue weighted by atomic mass is 10.2. The maximum Gasteiger partial charge on any atom is 0.339 e. The van der Waals surface area contributed by atoms with Gasteiger partial charge in [0.2, 0.25) is 16.8 Å². The van der Waals surface area contributed by atoms with Gasteiger partial charge in [-0.3, -0.25) is 0 Å². The number of hydrogen-bond donors (Lipinski definition) is 1. The van der Waals surface area contributed by atoms with Crippen LogP contribution in [0.25, 0.3) is 0 Å². The fourth-order valence-corrected chi connectivity index (χ4v) is 4.58. The minimum absolute atomic E-state index is 0.0769. The van der Waals surface area contributed by atoms with Gasteiger partial charge in [-0.1, -0.05) is 0 Å². The van der Waals surface area contributed by atoms with E-state index < -0.39 is 16.0 Å². The van der Waals surface area contributed by atoms with Gasteiger partial charge in [0.25, 0.3) is 0 Å². The van der Waals surface area contributed by atoms with Crippen LogP contribution in [0.2, 0.25) is 0 Å². The van der Waals surface area contributed by atoms with Crippen molar-refractivity contribution in [1.82, 2.24) is 9.29 Å². The minimum atomic E-state index is -3.68. The van der Waals surface area contributed by atoms with Gasteiger partial charge >= 0.3 is 5.97 Å². The van der Waals surface area contributed by atoms with Crippen molar-refractivity contribution in [1.29, 1.82) is 0 Å². The zero-order chi connectivity index (χ0) is 19.0. The average molecular weight is 391 g/mol. The zero-order valence-corrected chi connectivity index (χ0v) is 15.1. The molecule has 1 aromatic heterocycles. The number of sulfonamides is 1. The molecule has 0 bridgehead atoms. The molecule has 1 N–H and O–H groups in total. The van der Waals surface area contributed by atoms with Gasteiger partial charge in [0.15, 0.2) is 11.5 Å². The van der Waals surface area contributed by atoms with Gasteiger partial charge < -0.3 is 19.5 Å². The normalized spacial score (nSPS) is 17.1. The van der Waals surface area contributed by atoms with Crippen molar-refractivity contribution in [3.63, 3.8) is 0 Å². The first kappa shape index (κ1) is 17.6. The lowest BCUT2D eigenvalue weighted by molar-refractivity contribution is 0.0697. The number of fused-ring (bicyclic) bond motifs is 1. The van der Waals surface area contributed by atoms with Gasteiger partial charge in [-0.2, -0.15) is 4.31 Å². The minimum Gasteiger partial charge on any atom is -0.478 e. The van der Waals surface area contributed by atoms with Crippen LogP contribution < -0.4 is 14.4 Å². The Hall–Kier alpha value is -2.85. The Morgan fingerprint density at radius 2 is 1.81 bits per heavy atom. The smallest absolute Gasteiger partial charge is 0.339 e. The van der Waals surface area contributed by atoms with Crippen molar-refractivity contribution in [3.8, 4) is 11.5 Å². The summed E-state index contributed by atoms with van der Waals surface area (Å²) in [7, 11) is -3.68. The third-order valence-corrected chi connectivity index (χ3v) is 6.43. The van der Waals surface area contributed by atoms with Crippen molar-refractivity contribution < 1.29 is 27.8 Å². The van der Waals surface area contributed by atoms with E-state index in [-0.39, 0.29) is 30.3 Å². The summed E-state index contributed by atoms with van der Waals surface area (Å²) < 4.78 is 37.7. The summed E-state index contributed by atoms with van der Waals surface area (Å²) in [5.74, 6) is 0.225. The fraction of sp³-hybridized carbons (Fsp3) is 0.294. The number of benzene rings is 1. The van der Waals surface area contributed by atoms with E-state index in [0.29, 0.717) is 30.4 Å². The number of carboxylic acids is 1. The van der Waals surface area contributed by atoms with Gasteiger partial charge in [0.05, 0.1) is 4.90 Å². The van der Waals surface area contributed by atoms with Crippen LogP contribution in [0.15, 0.2) is 41.4 Å². The van der Waals surface area contributed by atoms with Gasteiger partial charge in [-0.25, -0.2) is 18.2 Å². The van der Waals surface area contributed by atoms with E-state index in [2.05, 4.69) is 4.98 Å². The molecule has 1 fully saturated rings. The monoisotopic (exact) mass is 391 g/mol. The highest BCUT2D eigenvalue weighted by Gasteiger charge is 2.31. The summed E-state index contributed by atoms with van der Waals surface area (Å²) in [6.45, 7) is 1.23. The number of ether oxygens (including phenoxy) is 2. The second-order valence-corrected chi connectivity index (χ2v) is 8.02. The summed E-state index contributed by atoms with van der Waals surface area (Å²) in [6, 6.07) is 7.59.